The molecule has 2 rings (SSSR count). The standard InChI is InChI=1S/C16H18ClNOS/c17-14-5-1-4-13(12-14)9-10-18-16(19)8-2-6-15-7-3-11-20-15/h1,3-5,7,11-12H,2,6,8-10H2,(H,18,19). The van der Waals surface area contributed by atoms with Gasteiger partial charge in [0.2, 0.25) is 5.91 Å². The van der Waals surface area contributed by atoms with E-state index in [4.69, 9.17) is 11.6 Å². The van der Waals surface area contributed by atoms with Gasteiger partial charge in [0.05, 0.1) is 0 Å². The molecule has 0 atom stereocenters. The lowest BCUT2D eigenvalue weighted by Crippen LogP contribution is -2.25. The Bertz CT molecular complexity index is 539. The van der Waals surface area contributed by atoms with Crippen LogP contribution in [0.15, 0.2) is 41.8 Å². The van der Waals surface area contributed by atoms with Gasteiger partial charge in [0, 0.05) is 22.9 Å². The van der Waals surface area contributed by atoms with Crippen LogP contribution in [0.25, 0.3) is 0 Å². The summed E-state index contributed by atoms with van der Waals surface area (Å²) in [5.74, 6) is 0.128. The Balaban J connectivity index is 1.60. The van der Waals surface area contributed by atoms with Gasteiger partial charge >= 0.3 is 0 Å². The van der Waals surface area contributed by atoms with Crippen LogP contribution in [0, 0.1) is 0 Å². The highest BCUT2D eigenvalue weighted by atomic mass is 35.5. The Hall–Kier alpha value is -1.32. The maximum atomic E-state index is 11.7. The Morgan fingerprint density at radius 2 is 2.10 bits per heavy atom. The molecule has 0 fully saturated rings. The summed E-state index contributed by atoms with van der Waals surface area (Å²) in [5, 5.41) is 5.76. The number of thiophene rings is 1. The molecule has 1 amide bonds. The van der Waals surface area contributed by atoms with Crippen LogP contribution in [0.2, 0.25) is 5.02 Å². The van der Waals surface area contributed by atoms with Crippen molar-refractivity contribution in [1.29, 1.82) is 0 Å². The van der Waals surface area contributed by atoms with Crippen LogP contribution in [0.3, 0.4) is 0 Å². The Labute approximate surface area is 128 Å². The Kier molecular flexibility index (Phi) is 6.09. The van der Waals surface area contributed by atoms with E-state index in [0.29, 0.717) is 13.0 Å². The van der Waals surface area contributed by atoms with Gasteiger partial charge in [-0.05, 0) is 48.4 Å². The minimum absolute atomic E-state index is 0.128. The van der Waals surface area contributed by atoms with Crippen molar-refractivity contribution in [2.75, 3.05) is 6.54 Å². The van der Waals surface area contributed by atoms with Crippen molar-refractivity contribution >= 4 is 28.8 Å². The number of nitrogens with one attached hydrogen (secondary N) is 1. The molecule has 1 heterocycles. The smallest absolute Gasteiger partial charge is 0.220 e. The van der Waals surface area contributed by atoms with E-state index in [1.165, 1.54) is 4.88 Å². The average Bonchev–Trinajstić information content (AvgIpc) is 2.92. The molecule has 4 heteroatoms. The van der Waals surface area contributed by atoms with Crippen molar-refractivity contribution in [3.8, 4) is 0 Å². The fourth-order valence-corrected chi connectivity index (χ4v) is 2.97. The number of carbonyl (C=O) groups is 1. The lowest BCUT2D eigenvalue weighted by atomic mass is 10.1. The van der Waals surface area contributed by atoms with Gasteiger partial charge in [-0.25, -0.2) is 0 Å². The third-order valence-corrected chi connectivity index (χ3v) is 4.20. The molecule has 2 aromatic rings. The maximum absolute atomic E-state index is 11.7. The topological polar surface area (TPSA) is 29.1 Å². The fraction of sp³-hybridized carbons (Fsp3) is 0.312. The SMILES string of the molecule is O=C(CCCc1cccs1)NCCc1cccc(Cl)c1. The summed E-state index contributed by atoms with van der Waals surface area (Å²) in [6.45, 7) is 0.665. The number of rotatable bonds is 7. The van der Waals surface area contributed by atoms with Gasteiger partial charge in [0.25, 0.3) is 0 Å². The molecule has 2 nitrogen and oxygen atoms in total. The summed E-state index contributed by atoms with van der Waals surface area (Å²) in [4.78, 5) is 13.0. The van der Waals surface area contributed by atoms with Gasteiger partial charge in [-0.15, -0.1) is 11.3 Å². The number of carbonyl (C=O) groups excluding carboxylic acids is 1. The number of hydrogen-bond donors (Lipinski definition) is 1. The number of amides is 1. The van der Waals surface area contributed by atoms with Crippen molar-refractivity contribution in [2.24, 2.45) is 0 Å². The zero-order valence-electron chi connectivity index (χ0n) is 11.3. The molecule has 0 radical (unpaired) electrons. The molecule has 0 unspecified atom stereocenters. The maximum Gasteiger partial charge on any atom is 0.220 e. The number of hydrogen-bond acceptors (Lipinski definition) is 2. The van der Waals surface area contributed by atoms with Crippen LogP contribution in [-0.2, 0) is 17.6 Å². The molecule has 1 N–H and O–H groups in total. The molecule has 106 valence electrons. The minimum Gasteiger partial charge on any atom is -0.356 e. The normalized spacial score (nSPS) is 10.4. The van der Waals surface area contributed by atoms with E-state index in [1.54, 1.807) is 11.3 Å². The van der Waals surface area contributed by atoms with E-state index in [1.807, 2.05) is 30.3 Å². The number of benzene rings is 1. The average molecular weight is 308 g/mol. The van der Waals surface area contributed by atoms with E-state index >= 15 is 0 Å². The van der Waals surface area contributed by atoms with Gasteiger partial charge in [-0.1, -0.05) is 29.8 Å². The summed E-state index contributed by atoms with van der Waals surface area (Å²) >= 11 is 7.66. The summed E-state index contributed by atoms with van der Waals surface area (Å²) in [6, 6.07) is 11.9. The number of halogens is 1. The molecule has 0 aliphatic carbocycles. The molecule has 0 saturated heterocycles. The summed E-state index contributed by atoms with van der Waals surface area (Å²) in [6.07, 6.45) is 3.30. The third kappa shape index (κ3) is 5.35. The second kappa shape index (κ2) is 8.08. The van der Waals surface area contributed by atoms with Crippen LogP contribution >= 0.6 is 22.9 Å². The second-order valence-electron chi connectivity index (χ2n) is 4.66. The van der Waals surface area contributed by atoms with Gasteiger partial charge in [-0.3, -0.25) is 4.79 Å². The van der Waals surface area contributed by atoms with E-state index in [2.05, 4.69) is 16.8 Å². The predicted molar refractivity (Wildman–Crippen MR) is 85.4 cm³/mol. The summed E-state index contributed by atoms with van der Waals surface area (Å²) in [7, 11) is 0. The van der Waals surface area contributed by atoms with Gasteiger partial charge in [0.15, 0.2) is 0 Å². The van der Waals surface area contributed by atoms with Crippen LogP contribution in [0.5, 0.6) is 0 Å². The quantitative estimate of drug-likeness (QED) is 0.820. The molecule has 1 aromatic heterocycles. The second-order valence-corrected chi connectivity index (χ2v) is 6.13. The van der Waals surface area contributed by atoms with E-state index in [9.17, 15) is 4.79 Å². The number of aryl methyl sites for hydroxylation is 1. The first-order valence-corrected chi connectivity index (χ1v) is 8.03. The molecule has 0 aliphatic heterocycles. The molecular weight excluding hydrogens is 290 g/mol. The van der Waals surface area contributed by atoms with Gasteiger partial charge in [-0.2, -0.15) is 0 Å². The molecule has 0 spiro atoms. The van der Waals surface area contributed by atoms with Crippen molar-refractivity contribution < 1.29 is 4.79 Å². The van der Waals surface area contributed by atoms with Crippen LogP contribution < -0.4 is 5.32 Å². The highest BCUT2D eigenvalue weighted by Gasteiger charge is 2.02. The first-order chi connectivity index (χ1) is 9.74. The molecular formula is C16H18ClNOS. The summed E-state index contributed by atoms with van der Waals surface area (Å²) < 4.78 is 0. The van der Waals surface area contributed by atoms with Crippen molar-refractivity contribution in [2.45, 2.75) is 25.7 Å². The Morgan fingerprint density at radius 3 is 2.85 bits per heavy atom. The lowest BCUT2D eigenvalue weighted by molar-refractivity contribution is -0.121. The van der Waals surface area contributed by atoms with E-state index in [0.717, 1.165) is 29.8 Å². The zero-order valence-corrected chi connectivity index (χ0v) is 12.8. The predicted octanol–water partition coefficient (Wildman–Crippen LogP) is 4.08. The van der Waals surface area contributed by atoms with Crippen molar-refractivity contribution in [3.05, 3.63) is 57.2 Å². The molecule has 0 aliphatic rings. The first-order valence-electron chi connectivity index (χ1n) is 6.77. The first kappa shape index (κ1) is 15.1. The van der Waals surface area contributed by atoms with Crippen molar-refractivity contribution in [1.82, 2.24) is 5.32 Å². The van der Waals surface area contributed by atoms with Gasteiger partial charge in [0.1, 0.15) is 0 Å². The monoisotopic (exact) mass is 307 g/mol. The highest BCUT2D eigenvalue weighted by molar-refractivity contribution is 7.09. The van der Waals surface area contributed by atoms with E-state index < -0.39 is 0 Å². The zero-order chi connectivity index (χ0) is 14.2. The summed E-state index contributed by atoms with van der Waals surface area (Å²) in [5.41, 5.74) is 1.15. The van der Waals surface area contributed by atoms with Crippen LogP contribution in [-0.4, -0.2) is 12.5 Å². The van der Waals surface area contributed by atoms with Crippen LogP contribution in [0.1, 0.15) is 23.3 Å². The molecule has 1 aromatic carbocycles. The van der Waals surface area contributed by atoms with Crippen LogP contribution in [0.4, 0.5) is 0 Å². The van der Waals surface area contributed by atoms with E-state index in [-0.39, 0.29) is 5.91 Å². The molecule has 0 bridgehead atoms. The minimum atomic E-state index is 0.128. The highest BCUT2D eigenvalue weighted by Crippen LogP contribution is 2.12. The fourth-order valence-electron chi connectivity index (χ4n) is 2.01. The molecule has 20 heavy (non-hydrogen) atoms. The third-order valence-electron chi connectivity index (χ3n) is 3.03. The van der Waals surface area contributed by atoms with Crippen molar-refractivity contribution in [3.63, 3.8) is 0 Å². The molecule has 0 saturated carbocycles. The Morgan fingerprint density at radius 1 is 1.20 bits per heavy atom. The van der Waals surface area contributed by atoms with Gasteiger partial charge < -0.3 is 5.32 Å². The lowest BCUT2D eigenvalue weighted by Gasteiger charge is -2.05. The largest absolute Gasteiger partial charge is 0.356 e.